The SMILES string of the molecule is C/C=C\C(Cl)(NC(=O)OC(C)(C)C)C(=O)OC(C)(C)C. The Labute approximate surface area is 125 Å². The first-order chi connectivity index (χ1) is 8.79. The molecule has 0 heterocycles. The predicted molar refractivity (Wildman–Crippen MR) is 78.6 cm³/mol. The fourth-order valence-electron chi connectivity index (χ4n) is 1.19. The van der Waals surface area contributed by atoms with Gasteiger partial charge in [0.25, 0.3) is 0 Å². The van der Waals surface area contributed by atoms with Crippen molar-refractivity contribution in [1.29, 1.82) is 0 Å². The van der Waals surface area contributed by atoms with E-state index in [1.54, 1.807) is 54.5 Å². The number of alkyl carbamates (subject to hydrolysis) is 1. The number of halogens is 1. The third-order valence-corrected chi connectivity index (χ3v) is 2.15. The van der Waals surface area contributed by atoms with E-state index in [4.69, 9.17) is 21.1 Å². The zero-order valence-corrected chi connectivity index (χ0v) is 13.9. The summed E-state index contributed by atoms with van der Waals surface area (Å²) < 4.78 is 10.3. The third kappa shape index (κ3) is 7.38. The van der Waals surface area contributed by atoms with Gasteiger partial charge in [-0.05, 0) is 54.5 Å². The smallest absolute Gasteiger partial charge is 0.409 e. The number of carbonyl (C=O) groups is 2. The maximum absolute atomic E-state index is 12.1. The predicted octanol–water partition coefficient (Wildman–Crippen LogP) is 3.36. The van der Waals surface area contributed by atoms with Crippen molar-refractivity contribution in [2.45, 2.75) is 64.7 Å². The van der Waals surface area contributed by atoms with Gasteiger partial charge in [-0.25, -0.2) is 9.59 Å². The van der Waals surface area contributed by atoms with Crippen LogP contribution in [-0.2, 0) is 14.3 Å². The van der Waals surface area contributed by atoms with Crippen molar-refractivity contribution in [3.8, 4) is 0 Å². The highest BCUT2D eigenvalue weighted by Crippen LogP contribution is 2.21. The quantitative estimate of drug-likeness (QED) is 0.376. The molecule has 1 amide bonds. The average Bonchev–Trinajstić information content (AvgIpc) is 2.10. The Balaban J connectivity index is 5.03. The molecule has 6 heteroatoms. The van der Waals surface area contributed by atoms with Gasteiger partial charge < -0.3 is 9.47 Å². The monoisotopic (exact) mass is 305 g/mol. The molecule has 0 aliphatic carbocycles. The molecular weight excluding hydrogens is 282 g/mol. The zero-order chi connectivity index (χ0) is 16.2. The summed E-state index contributed by atoms with van der Waals surface area (Å²) in [5.41, 5.74) is -1.40. The van der Waals surface area contributed by atoms with Gasteiger partial charge in [-0.15, -0.1) is 0 Å². The van der Waals surface area contributed by atoms with Crippen LogP contribution in [0.25, 0.3) is 0 Å². The number of carbonyl (C=O) groups excluding carboxylic acids is 2. The lowest BCUT2D eigenvalue weighted by Crippen LogP contribution is -2.52. The summed E-state index contributed by atoms with van der Waals surface area (Å²) in [6.07, 6.45) is 2.09. The molecule has 1 atom stereocenters. The first-order valence-corrected chi connectivity index (χ1v) is 6.74. The average molecular weight is 306 g/mol. The molecule has 116 valence electrons. The number of alkyl halides is 1. The van der Waals surface area contributed by atoms with E-state index in [1.165, 1.54) is 6.08 Å². The minimum atomic E-state index is -1.79. The number of allylic oxidation sites excluding steroid dienone is 1. The van der Waals surface area contributed by atoms with E-state index in [-0.39, 0.29) is 0 Å². The Morgan fingerprint density at radius 3 is 1.80 bits per heavy atom. The van der Waals surface area contributed by atoms with Gasteiger partial charge in [-0.2, -0.15) is 0 Å². The van der Waals surface area contributed by atoms with Crippen LogP contribution in [0.2, 0.25) is 0 Å². The van der Waals surface area contributed by atoms with E-state index in [0.29, 0.717) is 0 Å². The second kappa shape index (κ2) is 6.48. The Morgan fingerprint density at radius 1 is 1.00 bits per heavy atom. The minimum absolute atomic E-state index is 0.689. The molecule has 1 N–H and O–H groups in total. The van der Waals surface area contributed by atoms with Crippen molar-refractivity contribution in [3.05, 3.63) is 12.2 Å². The van der Waals surface area contributed by atoms with E-state index in [2.05, 4.69) is 5.32 Å². The fourth-order valence-corrected chi connectivity index (χ4v) is 1.44. The van der Waals surface area contributed by atoms with Crippen LogP contribution >= 0.6 is 11.6 Å². The van der Waals surface area contributed by atoms with Gasteiger partial charge in [0.2, 0.25) is 5.00 Å². The molecule has 0 saturated carbocycles. The number of hydrogen-bond acceptors (Lipinski definition) is 4. The second-order valence-electron chi connectivity index (χ2n) is 6.34. The van der Waals surface area contributed by atoms with E-state index in [9.17, 15) is 9.59 Å². The fraction of sp³-hybridized carbons (Fsp3) is 0.714. The Bertz CT molecular complexity index is 393. The number of amides is 1. The van der Waals surface area contributed by atoms with E-state index < -0.39 is 28.3 Å². The molecule has 0 spiro atoms. The number of esters is 1. The summed E-state index contributed by atoms with van der Waals surface area (Å²) in [6, 6.07) is 0. The van der Waals surface area contributed by atoms with Gasteiger partial charge >= 0.3 is 12.1 Å². The summed E-state index contributed by atoms with van der Waals surface area (Å²) in [4.78, 5) is 22.1. The number of ether oxygens (including phenoxy) is 2. The topological polar surface area (TPSA) is 64.6 Å². The lowest BCUT2D eigenvalue weighted by molar-refractivity contribution is -0.157. The highest BCUT2D eigenvalue weighted by Gasteiger charge is 2.40. The molecule has 0 aromatic carbocycles. The van der Waals surface area contributed by atoms with Crippen molar-refractivity contribution in [2.75, 3.05) is 0 Å². The van der Waals surface area contributed by atoms with Crippen molar-refractivity contribution >= 4 is 23.7 Å². The molecule has 0 aliphatic heterocycles. The van der Waals surface area contributed by atoms with Crippen molar-refractivity contribution in [2.24, 2.45) is 0 Å². The minimum Gasteiger partial charge on any atom is -0.457 e. The maximum Gasteiger partial charge on any atom is 0.409 e. The van der Waals surface area contributed by atoms with E-state index in [0.717, 1.165) is 0 Å². The molecule has 0 aromatic rings. The molecule has 0 radical (unpaired) electrons. The second-order valence-corrected chi connectivity index (χ2v) is 6.94. The summed E-state index contributed by atoms with van der Waals surface area (Å²) >= 11 is 6.15. The molecule has 0 rings (SSSR count). The molecule has 0 aliphatic rings. The molecular formula is C14H24ClNO4. The van der Waals surface area contributed by atoms with E-state index >= 15 is 0 Å². The largest absolute Gasteiger partial charge is 0.457 e. The molecule has 0 bridgehead atoms. The van der Waals surface area contributed by atoms with Gasteiger partial charge in [-0.3, -0.25) is 5.32 Å². The molecule has 1 unspecified atom stereocenters. The Morgan fingerprint density at radius 2 is 1.45 bits per heavy atom. The maximum atomic E-state index is 12.1. The summed E-state index contributed by atoms with van der Waals surface area (Å²) in [5.74, 6) is -0.768. The summed E-state index contributed by atoms with van der Waals surface area (Å²) in [7, 11) is 0. The van der Waals surface area contributed by atoms with Crippen LogP contribution in [-0.4, -0.2) is 28.3 Å². The first-order valence-electron chi connectivity index (χ1n) is 6.36. The van der Waals surface area contributed by atoms with Crippen LogP contribution < -0.4 is 5.32 Å². The van der Waals surface area contributed by atoms with Crippen molar-refractivity contribution in [3.63, 3.8) is 0 Å². The van der Waals surface area contributed by atoms with Gasteiger partial charge in [0.15, 0.2) is 0 Å². The summed E-state index contributed by atoms with van der Waals surface area (Å²) in [5, 5.41) is 2.32. The van der Waals surface area contributed by atoms with Gasteiger partial charge in [0, 0.05) is 0 Å². The lowest BCUT2D eigenvalue weighted by Gasteiger charge is -2.29. The van der Waals surface area contributed by atoms with Gasteiger partial charge in [0.05, 0.1) is 0 Å². The number of nitrogens with one attached hydrogen (secondary N) is 1. The molecule has 0 fully saturated rings. The van der Waals surface area contributed by atoms with Crippen LogP contribution in [0, 0.1) is 0 Å². The van der Waals surface area contributed by atoms with Crippen LogP contribution in [0.5, 0.6) is 0 Å². The molecule has 5 nitrogen and oxygen atoms in total. The molecule has 20 heavy (non-hydrogen) atoms. The highest BCUT2D eigenvalue weighted by molar-refractivity contribution is 6.36. The van der Waals surface area contributed by atoms with Gasteiger partial charge in [0.1, 0.15) is 11.2 Å². The van der Waals surface area contributed by atoms with Crippen LogP contribution in [0.3, 0.4) is 0 Å². The van der Waals surface area contributed by atoms with Crippen molar-refractivity contribution in [1.82, 2.24) is 5.32 Å². The standard InChI is InChI=1S/C14H24ClNO4/c1-8-9-14(15,10(17)19-12(2,3)4)16-11(18)20-13(5,6)7/h8-9H,1-7H3,(H,16,18)/b9-8-. The van der Waals surface area contributed by atoms with E-state index in [1.807, 2.05) is 0 Å². The third-order valence-electron chi connectivity index (χ3n) is 1.78. The Hall–Kier alpha value is -1.23. The normalized spacial score (nSPS) is 15.6. The Kier molecular flexibility index (Phi) is 6.08. The zero-order valence-electron chi connectivity index (χ0n) is 13.2. The highest BCUT2D eigenvalue weighted by atomic mass is 35.5. The lowest BCUT2D eigenvalue weighted by atomic mass is 10.2. The van der Waals surface area contributed by atoms with Crippen LogP contribution in [0.1, 0.15) is 48.5 Å². The van der Waals surface area contributed by atoms with Crippen molar-refractivity contribution < 1.29 is 19.1 Å². The van der Waals surface area contributed by atoms with Crippen LogP contribution in [0.15, 0.2) is 12.2 Å². The summed E-state index contributed by atoms with van der Waals surface area (Å²) in [6.45, 7) is 12.0. The van der Waals surface area contributed by atoms with Gasteiger partial charge in [-0.1, -0.05) is 17.7 Å². The molecule has 0 aromatic heterocycles. The number of hydrogen-bond donors (Lipinski definition) is 1. The first kappa shape index (κ1) is 18.8. The number of rotatable bonds is 3. The van der Waals surface area contributed by atoms with Crippen LogP contribution in [0.4, 0.5) is 4.79 Å². The molecule has 0 saturated heterocycles.